The van der Waals surface area contributed by atoms with Gasteiger partial charge in [-0.3, -0.25) is 14.4 Å². The number of carboxylic acids is 3. The zero-order valence-corrected chi connectivity index (χ0v) is 30.9. The summed E-state index contributed by atoms with van der Waals surface area (Å²) >= 11 is 0. The summed E-state index contributed by atoms with van der Waals surface area (Å²) < 4.78 is 11.5. The maximum Gasteiger partial charge on any atom is 2.00 e. The van der Waals surface area contributed by atoms with Crippen molar-refractivity contribution in [2.45, 2.75) is 32.6 Å². The van der Waals surface area contributed by atoms with E-state index in [1.54, 1.807) is 0 Å². The number of benzene rings is 2. The van der Waals surface area contributed by atoms with Crippen LogP contribution in [0.5, 0.6) is 11.5 Å². The van der Waals surface area contributed by atoms with Crippen LogP contribution in [0, 0.1) is 0 Å². The van der Waals surface area contributed by atoms with Crippen molar-refractivity contribution in [2.24, 2.45) is 0 Å². The molecular weight excluding hydrogens is 743 g/mol. The molecule has 3 N–H and O–H groups in total. The molecule has 5 aromatic rings. The molecule has 8 bridgehead atoms. The Kier molecular flexibility index (Phi) is 13.4. The molecule has 1 radical (unpaired) electrons. The smallest absolute Gasteiger partial charge is 0.657 e. The molecule has 0 fully saturated rings. The van der Waals surface area contributed by atoms with E-state index in [0.29, 0.717) is 37.6 Å². The zero-order valence-electron chi connectivity index (χ0n) is 29.7. The van der Waals surface area contributed by atoms with E-state index >= 15 is 0 Å². The normalized spacial score (nSPS) is 11.2. The van der Waals surface area contributed by atoms with Crippen molar-refractivity contribution in [3.05, 3.63) is 108 Å². The quantitative estimate of drug-likeness (QED) is 0.0808. The van der Waals surface area contributed by atoms with E-state index < -0.39 is 17.9 Å². The van der Waals surface area contributed by atoms with E-state index in [9.17, 15) is 9.59 Å². The van der Waals surface area contributed by atoms with Crippen molar-refractivity contribution in [3.8, 4) is 33.8 Å². The van der Waals surface area contributed by atoms with Crippen LogP contribution in [0.4, 0.5) is 0 Å². The molecule has 12 nitrogen and oxygen atoms in total. The van der Waals surface area contributed by atoms with Crippen LogP contribution in [0.3, 0.4) is 0 Å². The predicted molar refractivity (Wildman–Crippen MR) is 206 cm³/mol. The summed E-state index contributed by atoms with van der Waals surface area (Å²) in [7, 11) is 0. The van der Waals surface area contributed by atoms with Crippen LogP contribution in [0.1, 0.15) is 55.4 Å². The zero-order chi connectivity index (χ0) is 38.0. The average molecular weight is 780 g/mol. The first kappa shape index (κ1) is 39.8. The van der Waals surface area contributed by atoms with Crippen molar-refractivity contribution >= 4 is 64.3 Å². The summed E-state index contributed by atoms with van der Waals surface area (Å²) in [6.07, 6.45) is 8.86. The van der Waals surface area contributed by atoms with Gasteiger partial charge in [0.25, 0.3) is 5.97 Å². The van der Waals surface area contributed by atoms with Crippen LogP contribution >= 0.6 is 0 Å². The van der Waals surface area contributed by atoms with Gasteiger partial charge in [0.05, 0.1) is 36.0 Å². The van der Waals surface area contributed by atoms with Crippen LogP contribution in [-0.4, -0.2) is 56.4 Å². The van der Waals surface area contributed by atoms with Gasteiger partial charge in [-0.25, -0.2) is 9.97 Å². The van der Waals surface area contributed by atoms with E-state index in [1.165, 1.54) is 0 Å². The number of aromatic nitrogens is 4. The Labute approximate surface area is 326 Å². The van der Waals surface area contributed by atoms with Crippen molar-refractivity contribution in [3.63, 3.8) is 0 Å². The monoisotopic (exact) mass is 779 g/mol. The number of carboxylic acid groups (broad SMARTS) is 3. The molecular formula is C42H36MnN4O8. The molecule has 0 spiro atoms. The van der Waals surface area contributed by atoms with E-state index in [2.05, 4.69) is 0 Å². The standard InChI is InChI=1S/C40H34N4O6.C2H4O2.Mn/c45-37(46)3-1-21-49-31-13-5-25(6-14-31)39-33-17-9-27(41-33)23-29-11-19-35(43-29)40(26-7-15-32(16-8-26)50-22-2-4-38(47)48)36-20-12-30(44-36)24-28-10-18-34(39)42-28;1-2(3)4;/h5-20,23-24H,1-4,21-22H2,(H4,41,42,43,44,45,46,47,48);1H3,(H,3,4);/q;;+2/p-2. The average Bonchev–Trinajstić information content (AvgIpc) is 3.97. The summed E-state index contributed by atoms with van der Waals surface area (Å²) in [5.41, 5.74) is 9.64. The first-order valence-corrected chi connectivity index (χ1v) is 17.2. The Balaban J connectivity index is 0.00000111. The van der Waals surface area contributed by atoms with Gasteiger partial charge in [0, 0.05) is 19.8 Å². The maximum absolute atomic E-state index is 10.8. The molecule has 0 saturated heterocycles. The summed E-state index contributed by atoms with van der Waals surface area (Å²) in [6, 6.07) is 27.1. The van der Waals surface area contributed by atoms with E-state index in [4.69, 9.17) is 49.5 Å². The van der Waals surface area contributed by atoms with Gasteiger partial charge in [0.2, 0.25) is 0 Å². The molecule has 55 heavy (non-hydrogen) atoms. The number of fused-ring (bicyclic) bond motifs is 8. The van der Waals surface area contributed by atoms with Gasteiger partial charge in [-0.05, 0) is 83.7 Å². The number of carbonyl (C=O) groups is 3. The summed E-state index contributed by atoms with van der Waals surface area (Å²) in [4.78, 5) is 50.5. The fourth-order valence-electron chi connectivity index (χ4n) is 5.81. The van der Waals surface area contributed by atoms with Crippen LogP contribution in [0.15, 0.2) is 84.9 Å². The Hall–Kier alpha value is -6.43. The van der Waals surface area contributed by atoms with Crippen molar-refractivity contribution in [1.29, 1.82) is 0 Å². The van der Waals surface area contributed by atoms with E-state index in [0.717, 1.165) is 74.0 Å². The maximum atomic E-state index is 10.8. The van der Waals surface area contributed by atoms with Gasteiger partial charge >= 0.3 is 29.0 Å². The van der Waals surface area contributed by atoms with Crippen molar-refractivity contribution in [2.75, 3.05) is 13.2 Å². The first-order chi connectivity index (χ1) is 26.1. The molecule has 2 aromatic carbocycles. The summed E-state index contributed by atoms with van der Waals surface area (Å²) in [5, 5.41) is 25.2. The second kappa shape index (κ2) is 18.6. The molecule has 0 unspecified atom stereocenters. The van der Waals surface area contributed by atoms with Gasteiger partial charge in [0.1, 0.15) is 11.5 Å². The van der Waals surface area contributed by atoms with Gasteiger partial charge in [0.15, 0.2) is 0 Å². The molecule has 279 valence electrons. The molecule has 7 rings (SSSR count). The van der Waals surface area contributed by atoms with Crippen molar-refractivity contribution < 1.29 is 56.2 Å². The fraction of sp³-hybridized carbons (Fsp3) is 0.167. The number of rotatable bonds is 12. The third-order valence-corrected chi connectivity index (χ3v) is 8.16. The SMILES string of the molecule is CC(=O)O.O=C(O)CCCOc1ccc(-c2c3nc(cc4ccc([n-]4)c(-c4ccc(OCCCC(=O)O)cc4)c4nc(cc5ccc2[n-]5)C=C4)C=C3)cc1.[Mn+2]. The minimum Gasteiger partial charge on any atom is -0.657 e. The number of hydrogen-bond acceptors (Lipinski definition) is 7. The van der Waals surface area contributed by atoms with Gasteiger partial charge < -0.3 is 34.8 Å². The molecule has 0 atom stereocenters. The summed E-state index contributed by atoms with van der Waals surface area (Å²) in [6.45, 7) is 1.73. The molecule has 13 heteroatoms. The fourth-order valence-corrected chi connectivity index (χ4v) is 5.81. The van der Waals surface area contributed by atoms with Crippen LogP contribution in [0.25, 0.3) is 68.6 Å². The molecule has 0 aliphatic carbocycles. The minimum absolute atomic E-state index is 0. The molecule has 2 aliphatic heterocycles. The second-order valence-electron chi connectivity index (χ2n) is 12.3. The third kappa shape index (κ3) is 10.8. The largest absolute Gasteiger partial charge is 2.00 e. The van der Waals surface area contributed by atoms with Crippen molar-refractivity contribution in [1.82, 2.24) is 19.9 Å². The van der Waals surface area contributed by atoms with Gasteiger partial charge in [-0.2, -0.15) is 0 Å². The van der Waals surface area contributed by atoms with Crippen LogP contribution in [0.2, 0.25) is 0 Å². The Morgan fingerprint density at radius 3 is 1.33 bits per heavy atom. The number of hydrogen-bond donors (Lipinski definition) is 3. The molecule has 2 aliphatic rings. The molecule has 0 saturated carbocycles. The van der Waals surface area contributed by atoms with Gasteiger partial charge in [-0.15, -0.1) is 22.1 Å². The molecule has 3 aromatic heterocycles. The predicted octanol–water partition coefficient (Wildman–Crippen LogP) is 7.82. The van der Waals surface area contributed by atoms with E-state index in [-0.39, 0.29) is 29.9 Å². The Bertz CT molecular complexity index is 2230. The van der Waals surface area contributed by atoms with Crippen LogP contribution < -0.4 is 19.4 Å². The third-order valence-electron chi connectivity index (χ3n) is 8.16. The van der Waals surface area contributed by atoms with E-state index in [1.807, 2.05) is 109 Å². The number of nitrogens with zero attached hydrogens (tertiary/aromatic N) is 4. The Morgan fingerprint density at radius 2 is 0.964 bits per heavy atom. The number of ether oxygens (including phenoxy) is 2. The summed E-state index contributed by atoms with van der Waals surface area (Å²) in [5.74, 6) is -1.20. The minimum atomic E-state index is -0.841. The second-order valence-corrected chi connectivity index (χ2v) is 12.3. The Morgan fingerprint density at radius 1 is 0.582 bits per heavy atom. The molecule has 5 heterocycles. The van der Waals surface area contributed by atoms with Crippen LogP contribution in [-0.2, 0) is 31.5 Å². The molecule has 0 amide bonds. The van der Waals surface area contributed by atoms with Gasteiger partial charge in [-0.1, -0.05) is 60.7 Å². The number of aliphatic carboxylic acids is 3. The first-order valence-electron chi connectivity index (χ1n) is 17.2. The topological polar surface area (TPSA) is 184 Å².